The highest BCUT2D eigenvalue weighted by molar-refractivity contribution is 5.98. The highest BCUT2D eigenvalue weighted by Gasteiger charge is 2.47. The SMILES string of the molecule is O=C(NC1CCCCCC1)N[C@H]1C[C@@H]2C[C@H]1CN2C(=O)c1cc2cc(C(F)(F)F)ccc2[nH]1. The molecule has 3 fully saturated rings. The van der Waals surface area contributed by atoms with Gasteiger partial charge in [0, 0.05) is 35.6 Å². The summed E-state index contributed by atoms with van der Waals surface area (Å²) in [5.74, 6) is -0.00587. The topological polar surface area (TPSA) is 77.2 Å². The molecule has 3 atom stereocenters. The van der Waals surface area contributed by atoms with Gasteiger partial charge in [-0.25, -0.2) is 4.79 Å². The van der Waals surface area contributed by atoms with Crippen molar-refractivity contribution in [3.63, 3.8) is 0 Å². The van der Waals surface area contributed by atoms with Crippen molar-refractivity contribution in [1.82, 2.24) is 20.5 Å². The summed E-state index contributed by atoms with van der Waals surface area (Å²) >= 11 is 0. The van der Waals surface area contributed by atoms with Crippen molar-refractivity contribution in [2.24, 2.45) is 5.92 Å². The lowest BCUT2D eigenvalue weighted by atomic mass is 10.0. The molecular weight excluding hydrogens is 433 g/mol. The quantitative estimate of drug-likeness (QED) is 0.573. The number of nitrogens with one attached hydrogen (secondary N) is 3. The predicted molar refractivity (Wildman–Crippen MR) is 118 cm³/mol. The molecule has 6 nitrogen and oxygen atoms in total. The molecule has 1 aromatic carbocycles. The minimum absolute atomic E-state index is 0.0304. The van der Waals surface area contributed by atoms with Gasteiger partial charge in [-0.2, -0.15) is 13.2 Å². The van der Waals surface area contributed by atoms with Crippen LogP contribution in [0.4, 0.5) is 18.0 Å². The molecule has 0 unspecified atom stereocenters. The molecule has 3 aliphatic rings. The number of aromatic nitrogens is 1. The summed E-state index contributed by atoms with van der Waals surface area (Å²) in [6, 6.07) is 5.13. The van der Waals surface area contributed by atoms with E-state index in [1.807, 2.05) is 0 Å². The maximum absolute atomic E-state index is 13.1. The minimum Gasteiger partial charge on any atom is -0.351 e. The van der Waals surface area contributed by atoms with Gasteiger partial charge >= 0.3 is 12.2 Å². The highest BCUT2D eigenvalue weighted by Crippen LogP contribution is 2.39. The van der Waals surface area contributed by atoms with E-state index in [0.717, 1.165) is 44.2 Å². The molecule has 178 valence electrons. The van der Waals surface area contributed by atoms with E-state index in [1.165, 1.54) is 25.0 Å². The van der Waals surface area contributed by atoms with Gasteiger partial charge < -0.3 is 20.5 Å². The molecular formula is C24H29F3N4O2. The number of nitrogens with zero attached hydrogens (tertiary/aromatic N) is 1. The number of carbonyl (C=O) groups is 2. The third-order valence-electron chi connectivity index (χ3n) is 7.49. The Labute approximate surface area is 190 Å². The van der Waals surface area contributed by atoms with Crippen molar-refractivity contribution >= 4 is 22.8 Å². The number of carbonyl (C=O) groups excluding carboxylic acids is 2. The average molecular weight is 463 g/mol. The van der Waals surface area contributed by atoms with Gasteiger partial charge in [0.15, 0.2) is 0 Å². The molecule has 2 saturated carbocycles. The molecule has 2 aromatic rings. The zero-order valence-electron chi connectivity index (χ0n) is 18.4. The maximum atomic E-state index is 13.1. The third kappa shape index (κ3) is 4.54. The van der Waals surface area contributed by atoms with Gasteiger partial charge in [-0.1, -0.05) is 25.7 Å². The molecule has 2 aliphatic carbocycles. The number of alkyl halides is 3. The summed E-state index contributed by atoms with van der Waals surface area (Å²) in [5, 5.41) is 6.60. The predicted octanol–water partition coefficient (Wildman–Crippen LogP) is 4.81. The zero-order chi connectivity index (χ0) is 23.2. The van der Waals surface area contributed by atoms with E-state index in [0.29, 0.717) is 29.6 Å². The molecule has 33 heavy (non-hydrogen) atoms. The average Bonchev–Trinajstić information content (AvgIpc) is 3.42. The molecule has 1 aliphatic heterocycles. The number of urea groups is 1. The number of H-pyrrole nitrogens is 1. The van der Waals surface area contributed by atoms with Crippen LogP contribution in [-0.4, -0.2) is 46.5 Å². The molecule has 2 heterocycles. The summed E-state index contributed by atoms with van der Waals surface area (Å²) in [5.41, 5.74) is 0.0715. The van der Waals surface area contributed by atoms with Crippen LogP contribution < -0.4 is 10.6 Å². The van der Waals surface area contributed by atoms with Gasteiger partial charge in [0.1, 0.15) is 5.69 Å². The minimum atomic E-state index is -4.42. The van der Waals surface area contributed by atoms with E-state index in [9.17, 15) is 22.8 Å². The molecule has 2 bridgehead atoms. The van der Waals surface area contributed by atoms with Crippen LogP contribution in [0.1, 0.15) is 67.4 Å². The van der Waals surface area contributed by atoms with Crippen LogP contribution in [0.25, 0.3) is 10.9 Å². The fraction of sp³-hybridized carbons (Fsp3) is 0.583. The number of halogens is 3. The van der Waals surface area contributed by atoms with Crippen LogP contribution in [0.5, 0.6) is 0 Å². The number of rotatable bonds is 3. The van der Waals surface area contributed by atoms with Crippen LogP contribution in [-0.2, 0) is 6.18 Å². The zero-order valence-corrected chi connectivity index (χ0v) is 18.4. The molecule has 3 N–H and O–H groups in total. The summed E-state index contributed by atoms with van der Waals surface area (Å²) in [4.78, 5) is 30.3. The van der Waals surface area contributed by atoms with Gasteiger partial charge in [0.05, 0.1) is 5.56 Å². The van der Waals surface area contributed by atoms with E-state index in [2.05, 4.69) is 15.6 Å². The lowest BCUT2D eigenvalue weighted by Crippen LogP contribution is -2.51. The Kier molecular flexibility index (Phi) is 5.74. The first-order valence-corrected chi connectivity index (χ1v) is 11.9. The standard InChI is InChI=1S/C24H29F3N4O2/c25-24(26,27)16-7-8-19-14(9-16)11-21(29-19)22(32)31-13-15-10-18(31)12-20(15)30-23(33)28-17-5-3-1-2-4-6-17/h7-9,11,15,17-18,20,29H,1-6,10,12-13H2,(H2,28,30,33)/t15-,18-,20-/m0/s1. The van der Waals surface area contributed by atoms with E-state index < -0.39 is 11.7 Å². The first-order chi connectivity index (χ1) is 15.8. The summed E-state index contributed by atoms with van der Waals surface area (Å²) in [6.07, 6.45) is 3.94. The first kappa shape index (κ1) is 22.1. The van der Waals surface area contributed by atoms with E-state index in [1.54, 1.807) is 4.90 Å². The van der Waals surface area contributed by atoms with Gasteiger partial charge in [0.2, 0.25) is 0 Å². The molecule has 9 heteroatoms. The smallest absolute Gasteiger partial charge is 0.351 e. The van der Waals surface area contributed by atoms with Crippen LogP contribution >= 0.6 is 0 Å². The Morgan fingerprint density at radius 1 is 1.00 bits per heavy atom. The van der Waals surface area contributed by atoms with Crippen molar-refractivity contribution < 1.29 is 22.8 Å². The van der Waals surface area contributed by atoms with Gasteiger partial charge in [-0.15, -0.1) is 0 Å². The van der Waals surface area contributed by atoms with E-state index in [4.69, 9.17) is 0 Å². The Balaban J connectivity index is 1.19. The highest BCUT2D eigenvalue weighted by atomic mass is 19.4. The first-order valence-electron chi connectivity index (χ1n) is 11.9. The lowest BCUT2D eigenvalue weighted by Gasteiger charge is -2.32. The van der Waals surface area contributed by atoms with Crippen LogP contribution in [0.2, 0.25) is 0 Å². The second-order valence-corrected chi connectivity index (χ2v) is 9.74. The van der Waals surface area contributed by atoms with Gasteiger partial charge in [-0.05, 0) is 55.9 Å². The number of amides is 3. The Bertz CT molecular complexity index is 1040. The van der Waals surface area contributed by atoms with Crippen molar-refractivity contribution in [3.8, 4) is 0 Å². The van der Waals surface area contributed by atoms with E-state index in [-0.39, 0.29) is 36.0 Å². The number of aromatic amines is 1. The van der Waals surface area contributed by atoms with Crippen molar-refractivity contribution in [3.05, 3.63) is 35.5 Å². The number of piperidine rings is 1. The summed E-state index contributed by atoms with van der Waals surface area (Å²) in [6.45, 7) is 0.543. The largest absolute Gasteiger partial charge is 0.416 e. The Morgan fingerprint density at radius 2 is 1.76 bits per heavy atom. The Hall–Kier alpha value is -2.71. The molecule has 0 radical (unpaired) electrons. The number of benzene rings is 1. The van der Waals surface area contributed by atoms with Crippen molar-refractivity contribution in [2.45, 2.75) is 75.7 Å². The maximum Gasteiger partial charge on any atom is 0.416 e. The second kappa shape index (κ2) is 8.57. The molecule has 1 aromatic heterocycles. The number of fused-ring (bicyclic) bond motifs is 3. The molecule has 1 saturated heterocycles. The fourth-order valence-electron chi connectivity index (χ4n) is 5.78. The fourth-order valence-corrected chi connectivity index (χ4v) is 5.78. The normalized spacial score (nSPS) is 25.9. The Morgan fingerprint density at radius 3 is 2.42 bits per heavy atom. The van der Waals surface area contributed by atoms with E-state index >= 15 is 0 Å². The van der Waals surface area contributed by atoms with Crippen LogP contribution in [0.15, 0.2) is 24.3 Å². The monoisotopic (exact) mass is 462 g/mol. The molecule has 3 amide bonds. The van der Waals surface area contributed by atoms with Crippen LogP contribution in [0, 0.1) is 5.92 Å². The van der Waals surface area contributed by atoms with Crippen LogP contribution in [0.3, 0.4) is 0 Å². The second-order valence-electron chi connectivity index (χ2n) is 9.74. The number of likely N-dealkylation sites (tertiary alicyclic amines) is 1. The summed E-state index contributed by atoms with van der Waals surface area (Å²) in [7, 11) is 0. The lowest BCUT2D eigenvalue weighted by molar-refractivity contribution is -0.137. The molecule has 0 spiro atoms. The van der Waals surface area contributed by atoms with Crippen molar-refractivity contribution in [2.75, 3.05) is 6.54 Å². The number of hydrogen-bond acceptors (Lipinski definition) is 2. The third-order valence-corrected chi connectivity index (χ3v) is 7.49. The van der Waals surface area contributed by atoms with Gasteiger partial charge in [-0.3, -0.25) is 4.79 Å². The van der Waals surface area contributed by atoms with Gasteiger partial charge in [0.25, 0.3) is 5.91 Å². The number of hydrogen-bond donors (Lipinski definition) is 3. The molecule has 5 rings (SSSR count). The summed E-state index contributed by atoms with van der Waals surface area (Å²) < 4.78 is 39.0. The van der Waals surface area contributed by atoms with Crippen molar-refractivity contribution in [1.29, 1.82) is 0 Å².